The van der Waals surface area contributed by atoms with Gasteiger partial charge in [-0.25, -0.2) is 0 Å². The molecule has 0 saturated heterocycles. The maximum absolute atomic E-state index is 10.6. The number of rotatable bonds is 5. The third-order valence-electron chi connectivity index (χ3n) is 2.70. The molecule has 0 aliphatic rings. The van der Waals surface area contributed by atoms with E-state index in [1.807, 2.05) is 18.2 Å². The van der Waals surface area contributed by atoms with Gasteiger partial charge in [0.05, 0.1) is 0 Å². The molecule has 3 N–H and O–H groups in total. The number of H-pyrrole nitrogens is 1. The van der Waals surface area contributed by atoms with E-state index in [0.29, 0.717) is 6.42 Å². The SMILES string of the molecule is NC(=O)CCCc1ccc(-c2ccccc2)[nH]1. The molecule has 1 heterocycles. The van der Waals surface area contributed by atoms with Crippen LogP contribution in [0.5, 0.6) is 0 Å². The van der Waals surface area contributed by atoms with Gasteiger partial charge in [0, 0.05) is 17.8 Å². The van der Waals surface area contributed by atoms with E-state index in [1.165, 1.54) is 5.56 Å². The van der Waals surface area contributed by atoms with E-state index in [4.69, 9.17) is 5.73 Å². The summed E-state index contributed by atoms with van der Waals surface area (Å²) in [5.41, 5.74) is 8.53. The van der Waals surface area contributed by atoms with Crippen LogP contribution in [0.2, 0.25) is 0 Å². The van der Waals surface area contributed by atoms with Crippen molar-refractivity contribution in [2.75, 3.05) is 0 Å². The van der Waals surface area contributed by atoms with Crippen molar-refractivity contribution >= 4 is 5.91 Å². The first-order valence-electron chi connectivity index (χ1n) is 5.77. The van der Waals surface area contributed by atoms with Gasteiger partial charge in [0.1, 0.15) is 0 Å². The Morgan fingerprint density at radius 3 is 2.59 bits per heavy atom. The third-order valence-corrected chi connectivity index (χ3v) is 2.70. The van der Waals surface area contributed by atoms with E-state index in [-0.39, 0.29) is 5.91 Å². The molecule has 2 rings (SSSR count). The highest BCUT2D eigenvalue weighted by Crippen LogP contribution is 2.18. The van der Waals surface area contributed by atoms with Crippen molar-refractivity contribution < 1.29 is 4.79 Å². The fourth-order valence-electron chi connectivity index (χ4n) is 1.83. The minimum Gasteiger partial charge on any atom is -0.370 e. The van der Waals surface area contributed by atoms with E-state index in [0.717, 1.165) is 24.2 Å². The molecule has 0 spiro atoms. The molecule has 0 aliphatic carbocycles. The number of aryl methyl sites for hydroxylation is 1. The molecule has 1 aromatic heterocycles. The minimum absolute atomic E-state index is 0.236. The molecule has 0 saturated carbocycles. The number of carbonyl (C=O) groups excluding carboxylic acids is 1. The molecule has 88 valence electrons. The fourth-order valence-corrected chi connectivity index (χ4v) is 1.83. The lowest BCUT2D eigenvalue weighted by atomic mass is 10.2. The summed E-state index contributed by atoms with van der Waals surface area (Å²) in [4.78, 5) is 14.0. The number of aromatic nitrogens is 1. The number of nitrogens with one attached hydrogen (secondary N) is 1. The Bertz CT molecular complexity index is 488. The second kappa shape index (κ2) is 5.34. The summed E-state index contributed by atoms with van der Waals surface area (Å²) in [6.45, 7) is 0. The molecule has 0 fully saturated rings. The molecule has 3 nitrogen and oxygen atoms in total. The Hall–Kier alpha value is -2.03. The number of nitrogens with two attached hydrogens (primary N) is 1. The summed E-state index contributed by atoms with van der Waals surface area (Å²) < 4.78 is 0. The Morgan fingerprint density at radius 2 is 1.88 bits per heavy atom. The molecule has 1 amide bonds. The maximum atomic E-state index is 10.6. The Kier molecular flexibility index (Phi) is 3.60. The Labute approximate surface area is 101 Å². The van der Waals surface area contributed by atoms with Crippen molar-refractivity contribution in [3.05, 3.63) is 48.2 Å². The van der Waals surface area contributed by atoms with Crippen molar-refractivity contribution in [1.82, 2.24) is 4.98 Å². The van der Waals surface area contributed by atoms with Crippen molar-refractivity contribution in [3.8, 4) is 11.3 Å². The van der Waals surface area contributed by atoms with Crippen LogP contribution in [-0.4, -0.2) is 10.9 Å². The van der Waals surface area contributed by atoms with Crippen molar-refractivity contribution in [3.63, 3.8) is 0 Å². The van der Waals surface area contributed by atoms with Crippen molar-refractivity contribution in [2.45, 2.75) is 19.3 Å². The van der Waals surface area contributed by atoms with Crippen LogP contribution in [0.25, 0.3) is 11.3 Å². The summed E-state index contributed by atoms with van der Waals surface area (Å²) in [7, 11) is 0. The molecule has 2 aromatic rings. The minimum atomic E-state index is -0.236. The highest BCUT2D eigenvalue weighted by atomic mass is 16.1. The number of hydrogen-bond donors (Lipinski definition) is 2. The first-order valence-corrected chi connectivity index (χ1v) is 5.77. The van der Waals surface area contributed by atoms with Crippen molar-refractivity contribution in [2.24, 2.45) is 5.73 Å². The summed E-state index contributed by atoms with van der Waals surface area (Å²) in [5, 5.41) is 0. The number of primary amides is 1. The van der Waals surface area contributed by atoms with Gasteiger partial charge in [0.15, 0.2) is 0 Å². The highest BCUT2D eigenvalue weighted by molar-refractivity contribution is 5.73. The average molecular weight is 228 g/mol. The first kappa shape index (κ1) is 11.5. The van der Waals surface area contributed by atoms with Crippen LogP contribution >= 0.6 is 0 Å². The number of aromatic amines is 1. The molecule has 0 radical (unpaired) electrons. The van der Waals surface area contributed by atoms with Crippen LogP contribution in [0.1, 0.15) is 18.5 Å². The number of amides is 1. The highest BCUT2D eigenvalue weighted by Gasteiger charge is 2.02. The first-order chi connectivity index (χ1) is 8.25. The van der Waals surface area contributed by atoms with Gasteiger partial charge in [0.25, 0.3) is 0 Å². The van der Waals surface area contributed by atoms with Gasteiger partial charge < -0.3 is 10.7 Å². The molecular formula is C14H16N2O. The Morgan fingerprint density at radius 1 is 1.12 bits per heavy atom. The monoisotopic (exact) mass is 228 g/mol. The van der Waals surface area contributed by atoms with E-state index in [9.17, 15) is 4.79 Å². The maximum Gasteiger partial charge on any atom is 0.217 e. The van der Waals surface area contributed by atoms with Gasteiger partial charge >= 0.3 is 0 Å². The lowest BCUT2D eigenvalue weighted by Crippen LogP contribution is -2.10. The van der Waals surface area contributed by atoms with E-state index < -0.39 is 0 Å². The van der Waals surface area contributed by atoms with Gasteiger partial charge in [-0.1, -0.05) is 30.3 Å². The van der Waals surface area contributed by atoms with E-state index in [1.54, 1.807) is 0 Å². The summed E-state index contributed by atoms with van der Waals surface area (Å²) in [6.07, 6.45) is 2.10. The van der Waals surface area contributed by atoms with E-state index >= 15 is 0 Å². The smallest absolute Gasteiger partial charge is 0.217 e. The summed E-state index contributed by atoms with van der Waals surface area (Å²) >= 11 is 0. The molecule has 0 atom stereocenters. The normalized spacial score (nSPS) is 10.4. The van der Waals surface area contributed by atoms with Gasteiger partial charge in [-0.15, -0.1) is 0 Å². The van der Waals surface area contributed by atoms with Gasteiger partial charge in [-0.3, -0.25) is 4.79 Å². The lowest BCUT2D eigenvalue weighted by molar-refractivity contribution is -0.118. The molecule has 3 heteroatoms. The zero-order valence-electron chi connectivity index (χ0n) is 9.65. The topological polar surface area (TPSA) is 58.9 Å². The van der Waals surface area contributed by atoms with Crippen LogP contribution in [0, 0.1) is 0 Å². The predicted octanol–water partition coefficient (Wildman–Crippen LogP) is 2.49. The molecule has 0 bridgehead atoms. The number of carbonyl (C=O) groups is 1. The standard InChI is InChI=1S/C14H16N2O/c15-14(17)8-4-7-12-9-10-13(16-12)11-5-2-1-3-6-11/h1-3,5-6,9-10,16H,4,7-8H2,(H2,15,17). The number of benzene rings is 1. The second-order valence-corrected chi connectivity index (χ2v) is 4.08. The number of hydrogen-bond acceptors (Lipinski definition) is 1. The largest absolute Gasteiger partial charge is 0.370 e. The summed E-state index contributed by atoms with van der Waals surface area (Å²) in [5.74, 6) is -0.236. The van der Waals surface area contributed by atoms with Gasteiger partial charge in [-0.2, -0.15) is 0 Å². The van der Waals surface area contributed by atoms with Crippen molar-refractivity contribution in [1.29, 1.82) is 0 Å². The quantitative estimate of drug-likeness (QED) is 0.811. The Balaban J connectivity index is 1.99. The summed E-state index contributed by atoms with van der Waals surface area (Å²) in [6, 6.07) is 14.3. The molecule has 0 aliphatic heterocycles. The van der Waals surface area contributed by atoms with Crippen LogP contribution in [0.15, 0.2) is 42.5 Å². The van der Waals surface area contributed by atoms with Crippen LogP contribution in [-0.2, 0) is 11.2 Å². The van der Waals surface area contributed by atoms with Crippen LogP contribution in [0.4, 0.5) is 0 Å². The van der Waals surface area contributed by atoms with Crippen LogP contribution < -0.4 is 5.73 Å². The zero-order chi connectivity index (χ0) is 12.1. The lowest BCUT2D eigenvalue weighted by Gasteiger charge is -1.98. The van der Waals surface area contributed by atoms with Crippen LogP contribution in [0.3, 0.4) is 0 Å². The van der Waals surface area contributed by atoms with Gasteiger partial charge in [0.2, 0.25) is 5.91 Å². The van der Waals surface area contributed by atoms with E-state index in [2.05, 4.69) is 29.2 Å². The van der Waals surface area contributed by atoms with Gasteiger partial charge in [-0.05, 0) is 30.5 Å². The third kappa shape index (κ3) is 3.21. The molecule has 17 heavy (non-hydrogen) atoms. The fraction of sp³-hybridized carbons (Fsp3) is 0.214. The second-order valence-electron chi connectivity index (χ2n) is 4.08. The molecule has 1 aromatic carbocycles. The predicted molar refractivity (Wildman–Crippen MR) is 68.4 cm³/mol. The zero-order valence-corrected chi connectivity index (χ0v) is 9.65. The average Bonchev–Trinajstić information content (AvgIpc) is 2.78. The molecular weight excluding hydrogens is 212 g/mol. The molecule has 0 unspecified atom stereocenters.